The van der Waals surface area contributed by atoms with Crippen LogP contribution in [0, 0.1) is 29.3 Å². The van der Waals surface area contributed by atoms with Gasteiger partial charge in [-0.2, -0.15) is 4.39 Å². The first-order valence-electron chi connectivity index (χ1n) is 7.48. The van der Waals surface area contributed by atoms with Crippen LogP contribution in [0.5, 0.6) is 5.75 Å². The number of carbonyl (C=O) groups excluding carboxylic acids is 2. The van der Waals surface area contributed by atoms with Crippen molar-refractivity contribution in [1.29, 1.82) is 0 Å². The number of phenolic OH excluding ortho intramolecular Hbond substituents is 1. The lowest BCUT2D eigenvalue weighted by Crippen LogP contribution is -2.30. The highest BCUT2D eigenvalue weighted by Gasteiger charge is 2.46. The van der Waals surface area contributed by atoms with Crippen molar-refractivity contribution < 1.29 is 27.9 Å². The Bertz CT molecular complexity index is 1000. The molecular formula is C17H9F3N2O3S. The van der Waals surface area contributed by atoms with E-state index in [1.165, 1.54) is 6.20 Å². The first-order chi connectivity index (χ1) is 12.4. The Kier molecular flexibility index (Phi) is 3.71. The van der Waals surface area contributed by atoms with Crippen molar-refractivity contribution in [3.8, 4) is 16.3 Å². The van der Waals surface area contributed by atoms with E-state index in [9.17, 15) is 27.9 Å². The minimum absolute atomic E-state index is 0.00854. The number of rotatable bonds is 3. The quantitative estimate of drug-likeness (QED) is 0.507. The van der Waals surface area contributed by atoms with Crippen LogP contribution in [0.25, 0.3) is 10.6 Å². The second-order valence-electron chi connectivity index (χ2n) is 5.83. The summed E-state index contributed by atoms with van der Waals surface area (Å²) in [6.45, 7) is -0.0543. The molecule has 1 N–H and O–H groups in total. The zero-order chi connectivity index (χ0) is 18.6. The van der Waals surface area contributed by atoms with Gasteiger partial charge in [0, 0.05) is 11.1 Å². The number of likely N-dealkylation sites (tertiary alicyclic amines) is 1. The molecule has 2 amide bonds. The van der Waals surface area contributed by atoms with Gasteiger partial charge in [0.15, 0.2) is 17.4 Å². The van der Waals surface area contributed by atoms with E-state index in [1.807, 2.05) is 0 Å². The molecule has 1 saturated heterocycles. The first-order valence-corrected chi connectivity index (χ1v) is 8.29. The van der Waals surface area contributed by atoms with E-state index < -0.39 is 40.6 Å². The molecule has 1 fully saturated rings. The number of phenols is 1. The van der Waals surface area contributed by atoms with Crippen LogP contribution in [-0.4, -0.2) is 26.8 Å². The summed E-state index contributed by atoms with van der Waals surface area (Å²) >= 11 is 0.909. The number of aromatic nitrogens is 1. The maximum Gasteiger partial charge on any atom is 0.238 e. The van der Waals surface area contributed by atoms with Gasteiger partial charge in [0.25, 0.3) is 0 Å². The molecule has 2 aromatic rings. The third-order valence-corrected chi connectivity index (χ3v) is 5.29. The number of hydrogen-bond donors (Lipinski definition) is 1. The van der Waals surface area contributed by atoms with Crippen molar-refractivity contribution in [3.63, 3.8) is 0 Å². The molecule has 1 aliphatic carbocycles. The Morgan fingerprint density at radius 3 is 2.46 bits per heavy atom. The zero-order valence-electron chi connectivity index (χ0n) is 12.9. The Morgan fingerprint density at radius 1 is 1.15 bits per heavy atom. The molecule has 0 spiro atoms. The first kappa shape index (κ1) is 16.6. The van der Waals surface area contributed by atoms with Gasteiger partial charge in [-0.05, 0) is 18.2 Å². The number of imide groups is 1. The fourth-order valence-corrected chi connectivity index (χ4v) is 3.86. The number of amides is 2. The summed E-state index contributed by atoms with van der Waals surface area (Å²) in [5.41, 5.74) is 2.35. The summed E-state index contributed by atoms with van der Waals surface area (Å²) in [5.74, 6) is -7.64. The molecule has 2 atom stereocenters. The molecule has 0 unspecified atom stereocenters. The summed E-state index contributed by atoms with van der Waals surface area (Å²) in [7, 11) is 0. The number of hydrogen-bond acceptors (Lipinski definition) is 5. The minimum Gasteiger partial charge on any atom is -0.503 e. The van der Waals surface area contributed by atoms with E-state index in [0.29, 0.717) is 10.9 Å². The molecule has 132 valence electrons. The Hall–Kier alpha value is -2.90. The molecule has 0 saturated carbocycles. The van der Waals surface area contributed by atoms with E-state index in [2.05, 4.69) is 10.7 Å². The molecule has 2 heterocycles. The van der Waals surface area contributed by atoms with Gasteiger partial charge >= 0.3 is 0 Å². The summed E-state index contributed by atoms with van der Waals surface area (Å²) in [6, 6.07) is 0.596. The fourth-order valence-electron chi connectivity index (χ4n) is 2.95. The minimum atomic E-state index is -1.68. The van der Waals surface area contributed by atoms with Crippen LogP contribution in [0.1, 0.15) is 4.88 Å². The van der Waals surface area contributed by atoms with E-state index in [1.54, 1.807) is 12.2 Å². The van der Waals surface area contributed by atoms with Gasteiger partial charge in [0.05, 0.1) is 23.9 Å². The monoisotopic (exact) mass is 378 g/mol. The SMILES string of the molecule is O=C1[C@H]2C=C=C[C@H]2C(=O)N1Cc1cnc(-c2cc(F)c(F)c(O)c2F)s1. The third-order valence-electron chi connectivity index (χ3n) is 4.27. The van der Waals surface area contributed by atoms with Crippen LogP contribution < -0.4 is 0 Å². The van der Waals surface area contributed by atoms with Crippen LogP contribution in [0.4, 0.5) is 13.2 Å². The molecule has 9 heteroatoms. The van der Waals surface area contributed by atoms with Gasteiger partial charge < -0.3 is 5.11 Å². The Morgan fingerprint density at radius 2 is 1.81 bits per heavy atom. The average molecular weight is 378 g/mol. The van der Waals surface area contributed by atoms with Crippen molar-refractivity contribution in [2.75, 3.05) is 0 Å². The van der Waals surface area contributed by atoms with Crippen molar-refractivity contribution in [2.24, 2.45) is 11.8 Å². The van der Waals surface area contributed by atoms with Crippen LogP contribution in [0.15, 0.2) is 30.1 Å². The lowest BCUT2D eigenvalue weighted by molar-refractivity contribution is -0.140. The summed E-state index contributed by atoms with van der Waals surface area (Å²) in [6.07, 6.45) is 4.41. The number of halogens is 3. The van der Waals surface area contributed by atoms with Crippen LogP contribution in [-0.2, 0) is 16.1 Å². The van der Waals surface area contributed by atoms with Gasteiger partial charge in [-0.25, -0.2) is 13.8 Å². The third kappa shape index (κ3) is 2.36. The molecule has 4 rings (SSSR count). The number of thiazole rings is 1. The van der Waals surface area contributed by atoms with Crippen molar-refractivity contribution in [1.82, 2.24) is 9.88 Å². The zero-order valence-corrected chi connectivity index (χ0v) is 13.7. The number of aromatic hydroxyl groups is 1. The largest absolute Gasteiger partial charge is 0.503 e. The van der Waals surface area contributed by atoms with Gasteiger partial charge in [-0.3, -0.25) is 14.5 Å². The number of carbonyl (C=O) groups is 2. The number of benzene rings is 1. The van der Waals surface area contributed by atoms with Gasteiger partial charge in [-0.15, -0.1) is 17.1 Å². The normalized spacial score (nSPS) is 21.1. The molecular weight excluding hydrogens is 369 g/mol. The smallest absolute Gasteiger partial charge is 0.238 e. The Balaban J connectivity index is 1.61. The fraction of sp³-hybridized carbons (Fsp3) is 0.176. The van der Waals surface area contributed by atoms with E-state index >= 15 is 0 Å². The van der Waals surface area contributed by atoms with Gasteiger partial charge in [0.1, 0.15) is 5.01 Å². The van der Waals surface area contributed by atoms with E-state index in [4.69, 9.17) is 0 Å². The predicted octanol–water partition coefficient (Wildman–Crippen LogP) is 2.76. The topological polar surface area (TPSA) is 70.5 Å². The lowest BCUT2D eigenvalue weighted by atomic mass is 10.00. The lowest BCUT2D eigenvalue weighted by Gasteiger charge is -2.12. The maximum atomic E-state index is 14.0. The molecule has 0 bridgehead atoms. The van der Waals surface area contributed by atoms with Crippen molar-refractivity contribution >= 4 is 23.2 Å². The highest BCUT2D eigenvalue weighted by Crippen LogP contribution is 2.36. The number of fused-ring (bicyclic) bond motifs is 1. The standard InChI is InChI=1S/C17H9F3N2O3S/c18-11-4-10(12(19)14(23)13(11)20)15-21-5-7(26-15)6-22-16(24)8-2-1-3-9(8)17(22)25/h2-5,8-9,23H,6H2/t8-,9+. The van der Waals surface area contributed by atoms with Crippen LogP contribution in [0.2, 0.25) is 0 Å². The molecule has 26 heavy (non-hydrogen) atoms. The van der Waals surface area contributed by atoms with Gasteiger partial charge in [0.2, 0.25) is 17.6 Å². The molecule has 5 nitrogen and oxygen atoms in total. The van der Waals surface area contributed by atoms with Gasteiger partial charge in [-0.1, -0.05) is 0 Å². The van der Waals surface area contributed by atoms with Crippen molar-refractivity contribution in [2.45, 2.75) is 6.54 Å². The van der Waals surface area contributed by atoms with Crippen molar-refractivity contribution in [3.05, 3.63) is 52.5 Å². The molecule has 2 aliphatic rings. The Labute approximate surface area is 148 Å². The predicted molar refractivity (Wildman–Crippen MR) is 84.3 cm³/mol. The second kappa shape index (κ2) is 5.82. The van der Waals surface area contributed by atoms with E-state index in [-0.39, 0.29) is 23.4 Å². The molecule has 1 aliphatic heterocycles. The molecule has 1 aromatic heterocycles. The second-order valence-corrected chi connectivity index (χ2v) is 6.94. The molecule has 1 aromatic carbocycles. The number of nitrogens with zero attached hydrogens (tertiary/aromatic N) is 2. The molecule has 0 radical (unpaired) electrons. The maximum absolute atomic E-state index is 14.0. The summed E-state index contributed by atoms with van der Waals surface area (Å²) < 4.78 is 40.6. The van der Waals surface area contributed by atoms with Crippen LogP contribution >= 0.6 is 11.3 Å². The summed E-state index contributed by atoms with van der Waals surface area (Å²) in [4.78, 5) is 30.0. The van der Waals surface area contributed by atoms with Crippen LogP contribution in [0.3, 0.4) is 0 Å². The summed E-state index contributed by atoms with van der Waals surface area (Å²) in [5, 5.41) is 9.30. The van der Waals surface area contributed by atoms with E-state index in [0.717, 1.165) is 16.2 Å². The highest BCUT2D eigenvalue weighted by molar-refractivity contribution is 7.15. The average Bonchev–Trinajstić information content (AvgIpc) is 3.32. The highest BCUT2D eigenvalue weighted by atomic mass is 32.1.